The lowest BCUT2D eigenvalue weighted by Crippen LogP contribution is -2.62. The van der Waals surface area contributed by atoms with Gasteiger partial charge in [0.15, 0.2) is 11.6 Å². The molecule has 3 N–H and O–H groups in total. The first-order valence-electron chi connectivity index (χ1n) is 13.8. The maximum absolute atomic E-state index is 13.4. The zero-order valence-electron chi connectivity index (χ0n) is 22.7. The van der Waals surface area contributed by atoms with Crippen molar-refractivity contribution in [2.24, 2.45) is 28.6 Å². The second-order valence-electron chi connectivity index (χ2n) is 13.6. The van der Waals surface area contributed by atoms with Gasteiger partial charge in [0.1, 0.15) is 5.78 Å². The number of carbonyl (C=O) groups excluding carboxylic acids is 2. The van der Waals surface area contributed by atoms with Crippen LogP contribution in [0, 0.1) is 28.6 Å². The van der Waals surface area contributed by atoms with E-state index in [4.69, 9.17) is 9.47 Å². The second-order valence-corrected chi connectivity index (χ2v) is 13.6. The van der Waals surface area contributed by atoms with Crippen molar-refractivity contribution in [1.29, 1.82) is 0 Å². The van der Waals surface area contributed by atoms with Crippen molar-refractivity contribution in [3.05, 3.63) is 11.6 Å². The molecule has 5 rings (SSSR count). The third kappa shape index (κ3) is 3.56. The topological polar surface area (TPSA) is 113 Å². The van der Waals surface area contributed by atoms with Crippen molar-refractivity contribution >= 4 is 11.6 Å². The lowest BCUT2D eigenvalue weighted by molar-refractivity contribution is -0.191. The van der Waals surface area contributed by atoms with Gasteiger partial charge < -0.3 is 29.6 Å². The first-order chi connectivity index (χ1) is 16.6. The molecule has 0 bridgehead atoms. The molecule has 10 atom stereocenters. The monoisotopic (exact) mass is 504 g/mol. The summed E-state index contributed by atoms with van der Waals surface area (Å²) in [6.07, 6.45) is 4.15. The quantitative estimate of drug-likeness (QED) is 0.537. The molecular formula is C29H44O7. The van der Waals surface area contributed by atoms with Gasteiger partial charge in [-0.25, -0.2) is 0 Å². The molecule has 7 nitrogen and oxygen atoms in total. The summed E-state index contributed by atoms with van der Waals surface area (Å²) in [5, 5.41) is 33.4. The van der Waals surface area contributed by atoms with Gasteiger partial charge in [-0.05, 0) is 102 Å². The van der Waals surface area contributed by atoms with E-state index in [1.165, 1.54) is 0 Å². The van der Waals surface area contributed by atoms with Gasteiger partial charge in [-0.2, -0.15) is 0 Å². The molecule has 0 aromatic carbocycles. The third-order valence-electron chi connectivity index (χ3n) is 11.1. The molecule has 0 aromatic rings. The fourth-order valence-electron chi connectivity index (χ4n) is 9.34. The highest BCUT2D eigenvalue weighted by molar-refractivity contribution is 5.95. The zero-order chi connectivity index (χ0) is 26.5. The van der Waals surface area contributed by atoms with Gasteiger partial charge in [-0.15, -0.1) is 0 Å². The van der Waals surface area contributed by atoms with Crippen molar-refractivity contribution in [3.63, 3.8) is 0 Å². The van der Waals surface area contributed by atoms with E-state index < -0.39 is 40.0 Å². The summed E-state index contributed by atoms with van der Waals surface area (Å²) in [6, 6.07) is 0. The second kappa shape index (κ2) is 8.19. The Labute approximate surface area is 214 Å². The van der Waals surface area contributed by atoms with Crippen LogP contribution in [0.2, 0.25) is 0 Å². The largest absolute Gasteiger partial charge is 0.390 e. The average Bonchev–Trinajstić information content (AvgIpc) is 3.18. The molecule has 3 saturated carbocycles. The van der Waals surface area contributed by atoms with E-state index in [1.54, 1.807) is 13.0 Å². The summed E-state index contributed by atoms with van der Waals surface area (Å²) in [7, 11) is 0. The van der Waals surface area contributed by atoms with Gasteiger partial charge in [0.2, 0.25) is 0 Å². The van der Waals surface area contributed by atoms with E-state index in [0.717, 1.165) is 24.8 Å². The van der Waals surface area contributed by atoms with Gasteiger partial charge in [-0.3, -0.25) is 4.79 Å². The molecule has 4 aliphatic carbocycles. The normalized spacial score (nSPS) is 51.8. The highest BCUT2D eigenvalue weighted by Gasteiger charge is 2.71. The molecular weight excluding hydrogens is 460 g/mol. The van der Waals surface area contributed by atoms with Gasteiger partial charge in [0, 0.05) is 17.8 Å². The van der Waals surface area contributed by atoms with E-state index >= 15 is 0 Å². The van der Waals surface area contributed by atoms with Gasteiger partial charge in [0.05, 0.1) is 29.5 Å². The highest BCUT2D eigenvalue weighted by Crippen LogP contribution is 2.69. The number of carbonyl (C=O) groups is 2. The van der Waals surface area contributed by atoms with E-state index in [0.29, 0.717) is 25.7 Å². The predicted octanol–water partition coefficient (Wildman–Crippen LogP) is 3.47. The molecule has 36 heavy (non-hydrogen) atoms. The summed E-state index contributed by atoms with van der Waals surface area (Å²) in [4.78, 5) is 25.2. The summed E-state index contributed by atoms with van der Waals surface area (Å²) in [5.41, 5.74) is -2.04. The minimum Gasteiger partial charge on any atom is -0.390 e. The molecule has 1 saturated heterocycles. The number of allylic oxidation sites excluding steroid dienone is 1. The molecule has 7 heteroatoms. The first-order valence-corrected chi connectivity index (χ1v) is 13.8. The Balaban J connectivity index is 1.52. The smallest absolute Gasteiger partial charge is 0.164 e. The molecule has 1 aliphatic heterocycles. The van der Waals surface area contributed by atoms with E-state index in [2.05, 4.69) is 20.8 Å². The first kappa shape index (κ1) is 26.5. The lowest BCUT2D eigenvalue weighted by Gasteiger charge is -2.60. The molecule has 5 aliphatic rings. The van der Waals surface area contributed by atoms with Crippen molar-refractivity contribution in [2.75, 3.05) is 0 Å². The predicted molar refractivity (Wildman–Crippen MR) is 133 cm³/mol. The third-order valence-corrected chi connectivity index (χ3v) is 11.1. The molecule has 4 fully saturated rings. The van der Waals surface area contributed by atoms with Crippen LogP contribution in [0.4, 0.5) is 0 Å². The molecule has 0 unspecified atom stereocenters. The summed E-state index contributed by atoms with van der Waals surface area (Å²) >= 11 is 0. The van der Waals surface area contributed by atoms with Gasteiger partial charge in [-0.1, -0.05) is 13.8 Å². The van der Waals surface area contributed by atoms with Crippen molar-refractivity contribution in [1.82, 2.24) is 0 Å². The number of hydrogen-bond donors (Lipinski definition) is 3. The molecule has 202 valence electrons. The number of fused-ring (bicyclic) bond motifs is 5. The number of aliphatic hydroxyl groups excluding tert-OH is 2. The zero-order valence-corrected chi connectivity index (χ0v) is 22.7. The number of ketones is 2. The molecule has 0 spiro atoms. The highest BCUT2D eigenvalue weighted by atomic mass is 16.8. The molecule has 1 heterocycles. The minimum atomic E-state index is -1.16. The molecule has 0 radical (unpaired) electrons. The van der Waals surface area contributed by atoms with Crippen LogP contribution in [0.3, 0.4) is 0 Å². The Morgan fingerprint density at radius 2 is 1.75 bits per heavy atom. The Hall–Kier alpha value is -1.12. The Bertz CT molecular complexity index is 988. The van der Waals surface area contributed by atoms with Crippen LogP contribution in [-0.2, 0) is 19.1 Å². The van der Waals surface area contributed by atoms with Crippen LogP contribution in [0.15, 0.2) is 11.6 Å². The lowest BCUT2D eigenvalue weighted by atomic mass is 9.45. The molecule has 0 aromatic heterocycles. The fraction of sp³-hybridized carbons (Fsp3) is 0.862. The van der Waals surface area contributed by atoms with Crippen molar-refractivity contribution in [3.8, 4) is 0 Å². The number of ether oxygens (including phenoxy) is 2. The van der Waals surface area contributed by atoms with Crippen LogP contribution in [-0.4, -0.2) is 62.2 Å². The van der Waals surface area contributed by atoms with Crippen LogP contribution in [0.5, 0.6) is 0 Å². The fourth-order valence-corrected chi connectivity index (χ4v) is 9.34. The van der Waals surface area contributed by atoms with Crippen molar-refractivity contribution in [2.45, 2.75) is 128 Å². The van der Waals surface area contributed by atoms with E-state index in [9.17, 15) is 24.9 Å². The SMILES string of the molecule is CC(=O)CC[C@H]1OC(C)(C)O[C@]1(C)[C@H]1CC[C@@]2(O)C3=CC(=O)[C@@H]4C[C@@H](O)[C@@H](O)C[C@]4(C)[C@H]3CC[C@]12C. The molecule has 0 amide bonds. The Morgan fingerprint density at radius 3 is 2.42 bits per heavy atom. The number of Topliss-reactive ketones (excluding diaryl/α,β-unsaturated/α-hetero) is 1. The Morgan fingerprint density at radius 1 is 1.06 bits per heavy atom. The van der Waals surface area contributed by atoms with E-state index in [-0.39, 0.29) is 41.8 Å². The van der Waals surface area contributed by atoms with Crippen LogP contribution >= 0.6 is 0 Å². The standard InChI is InChI=1S/C29H44O7/c1-16(30)7-8-24-28(6,36-25(2,3)35-24)23-10-12-29(34)18-13-20(31)19-14-21(32)22(33)15-26(19,4)17(18)9-11-27(23,29)5/h13,17,19,21-24,32-34H,7-12,14-15H2,1-6H3/t17-,19-,21+,22-,23-,24+,26+,27+,28+,29+/m0/s1. The van der Waals surface area contributed by atoms with Gasteiger partial charge >= 0.3 is 0 Å². The van der Waals surface area contributed by atoms with Crippen LogP contribution < -0.4 is 0 Å². The maximum Gasteiger partial charge on any atom is 0.164 e. The Kier molecular flexibility index (Phi) is 6.02. The summed E-state index contributed by atoms with van der Waals surface area (Å²) < 4.78 is 13.0. The maximum atomic E-state index is 13.4. The van der Waals surface area contributed by atoms with Crippen LogP contribution in [0.1, 0.15) is 92.9 Å². The van der Waals surface area contributed by atoms with Gasteiger partial charge in [0.25, 0.3) is 0 Å². The van der Waals surface area contributed by atoms with Crippen LogP contribution in [0.25, 0.3) is 0 Å². The number of aliphatic hydroxyl groups is 3. The number of hydrogen-bond acceptors (Lipinski definition) is 7. The summed E-state index contributed by atoms with van der Waals surface area (Å²) in [5.74, 6) is -1.08. The average molecular weight is 505 g/mol. The minimum absolute atomic E-state index is 0.0160. The van der Waals surface area contributed by atoms with E-state index in [1.807, 2.05) is 13.8 Å². The number of rotatable bonds is 4. The summed E-state index contributed by atoms with van der Waals surface area (Å²) in [6.45, 7) is 11.7. The van der Waals surface area contributed by atoms with Crippen molar-refractivity contribution < 1.29 is 34.4 Å².